The highest BCUT2D eigenvalue weighted by atomic mass is 32.2. The van der Waals surface area contributed by atoms with Crippen LogP contribution in [0.1, 0.15) is 133 Å². The van der Waals surface area contributed by atoms with Crippen molar-refractivity contribution in [3.63, 3.8) is 0 Å². The van der Waals surface area contributed by atoms with Crippen LogP contribution in [0.3, 0.4) is 0 Å². The molecule has 2 aliphatic heterocycles. The van der Waals surface area contributed by atoms with Crippen molar-refractivity contribution in [1.29, 1.82) is 0 Å². The van der Waals surface area contributed by atoms with E-state index in [0.29, 0.717) is 53.2 Å². The first-order valence-electron chi connectivity index (χ1n) is 26.2. The molecule has 2 aromatic heterocycles. The lowest BCUT2D eigenvalue weighted by Gasteiger charge is -2.27. The van der Waals surface area contributed by atoms with Crippen LogP contribution in [0.4, 0.5) is 11.4 Å². The number of pyridine rings is 2. The number of amides is 4. The largest absolute Gasteiger partial charge is 0.495 e. The fourth-order valence-corrected chi connectivity index (χ4v) is 11.2. The van der Waals surface area contributed by atoms with E-state index in [1.807, 2.05) is 55.7 Å². The monoisotopic (exact) mass is 1160 g/mol. The fourth-order valence-electron chi connectivity index (χ4n) is 10.0. The van der Waals surface area contributed by atoms with Crippen LogP contribution in [0.2, 0.25) is 0 Å². The van der Waals surface area contributed by atoms with Gasteiger partial charge in [0.1, 0.15) is 35.1 Å². The molecule has 2 aliphatic rings. The molecule has 0 atom stereocenters. The lowest BCUT2D eigenvalue weighted by Crippen LogP contribution is -2.32. The number of allylic oxidation sites excluding steroid dienone is 4. The van der Waals surface area contributed by atoms with E-state index < -0.39 is 95.2 Å². The van der Waals surface area contributed by atoms with Gasteiger partial charge >= 0.3 is 0 Å². The number of hydrogen-bond donors (Lipinski definition) is 7. The van der Waals surface area contributed by atoms with Crippen molar-refractivity contribution in [1.82, 2.24) is 31.2 Å². The Labute approximate surface area is 467 Å². The van der Waals surface area contributed by atoms with Crippen molar-refractivity contribution in [3.8, 4) is 28.0 Å². The van der Waals surface area contributed by atoms with Crippen LogP contribution in [0.25, 0.3) is 22.3 Å². The number of carbonyl (C=O) groups excluding carboxylic acids is 4. The highest BCUT2D eigenvalue weighted by Crippen LogP contribution is 2.54. The third-order valence-electron chi connectivity index (χ3n) is 13.8. The van der Waals surface area contributed by atoms with E-state index in [4.69, 9.17) is 4.74 Å². The predicted molar refractivity (Wildman–Crippen MR) is 305 cm³/mol. The molecule has 432 valence electrons. The van der Waals surface area contributed by atoms with Crippen molar-refractivity contribution in [2.45, 2.75) is 91.9 Å². The molecule has 4 aromatic rings. The molecule has 0 saturated carbocycles. The van der Waals surface area contributed by atoms with Gasteiger partial charge in [-0.05, 0) is 123 Å². The molecule has 4 amide bonds. The first-order valence-corrected chi connectivity index (χ1v) is 31.0. The van der Waals surface area contributed by atoms with Gasteiger partial charge in [-0.2, -0.15) is 29.8 Å². The normalized spacial score (nSPS) is 15.2. The van der Waals surface area contributed by atoms with Gasteiger partial charge < -0.3 is 30.9 Å². The van der Waals surface area contributed by atoms with Crippen LogP contribution in [0, 0.1) is 6.92 Å². The molecule has 7 N–H and O–H groups in total. The molecule has 0 aliphatic carbocycles. The van der Waals surface area contributed by atoms with E-state index in [1.54, 1.807) is 39.2 Å². The lowest BCUT2D eigenvalue weighted by atomic mass is 9.79. The van der Waals surface area contributed by atoms with E-state index in [9.17, 15) is 58.1 Å². The molecule has 0 spiro atoms. The Morgan fingerprint density at radius 2 is 1.09 bits per heavy atom. The van der Waals surface area contributed by atoms with Gasteiger partial charge in [-0.3, -0.25) is 32.8 Å². The fraction of sp³-hybridized carbons (Fsp3) is 0.436. The number of methoxy groups -OCH3 is 1. The van der Waals surface area contributed by atoms with Crippen LogP contribution >= 0.6 is 0 Å². The summed E-state index contributed by atoms with van der Waals surface area (Å²) in [5.74, 6) is -4.16. The Morgan fingerprint density at radius 1 is 0.625 bits per heavy atom. The second kappa shape index (κ2) is 25.3. The van der Waals surface area contributed by atoms with Crippen LogP contribution in [0.5, 0.6) is 5.75 Å². The summed E-state index contributed by atoms with van der Waals surface area (Å²) < 4.78 is 106. The number of rotatable bonds is 25. The Morgan fingerprint density at radius 3 is 1.55 bits per heavy atom. The van der Waals surface area contributed by atoms with Crippen LogP contribution in [-0.4, -0.2) is 146 Å². The van der Waals surface area contributed by atoms with E-state index in [-0.39, 0.29) is 35.7 Å². The maximum atomic E-state index is 13.4. The van der Waals surface area contributed by atoms with Crippen LogP contribution < -0.4 is 30.9 Å². The number of ether oxygens (including phenoxy) is 1. The van der Waals surface area contributed by atoms with Gasteiger partial charge in [0.2, 0.25) is 5.69 Å². The molecule has 0 saturated heterocycles. The van der Waals surface area contributed by atoms with Crippen molar-refractivity contribution >= 4 is 71.1 Å². The zero-order chi connectivity index (χ0) is 59.1. The van der Waals surface area contributed by atoms with Crippen LogP contribution in [-0.2, 0) is 41.2 Å². The summed E-state index contributed by atoms with van der Waals surface area (Å²) >= 11 is 0. The highest BCUT2D eigenvalue weighted by molar-refractivity contribution is 7.86. The number of nitrogens with one attached hydrogen (secondary N) is 4. The van der Waals surface area contributed by atoms with Gasteiger partial charge in [0.15, 0.2) is 5.71 Å². The Kier molecular flexibility index (Phi) is 19.7. The van der Waals surface area contributed by atoms with Crippen molar-refractivity contribution < 1.29 is 67.4 Å². The molecular formula is C55H71N8O14S3+. The molecule has 6 rings (SSSR count). The molecule has 2 aromatic carbocycles. The van der Waals surface area contributed by atoms with E-state index >= 15 is 0 Å². The number of anilines is 1. The first-order chi connectivity index (χ1) is 37.4. The van der Waals surface area contributed by atoms with Crippen molar-refractivity contribution in [2.75, 3.05) is 68.5 Å². The smallest absolute Gasteiger partial charge is 0.269 e. The molecule has 0 unspecified atom stereocenters. The SMILES string of the molecule is CCCCCN1/C(=C/C=C/C2=[N+](CCCS(=O)(=O)O)c3c(C)cc(-c4cc(C(=O)NCCS(=O)(=O)O)nc(C(=O)NCCS(=O)(=O)O)c4)cc3C2(C)C)C(C)(C)c2cc(-c3cc(C(=O)NCC)nc(C(=O)NCC)c3)cc(OC)c21. The lowest BCUT2D eigenvalue weighted by molar-refractivity contribution is -0.437. The van der Waals surface area contributed by atoms with Crippen LogP contribution in [0.15, 0.2) is 72.5 Å². The van der Waals surface area contributed by atoms with Gasteiger partial charge in [0.05, 0.1) is 35.5 Å². The number of aromatic nitrogens is 2. The maximum Gasteiger partial charge on any atom is 0.269 e. The Bertz CT molecular complexity index is 3430. The van der Waals surface area contributed by atoms with Gasteiger partial charge in [-0.1, -0.05) is 39.7 Å². The quantitative estimate of drug-likeness (QED) is 0.0229. The minimum Gasteiger partial charge on any atom is -0.495 e. The van der Waals surface area contributed by atoms with E-state index in [0.717, 1.165) is 53.2 Å². The average Bonchev–Trinajstić information content (AvgIpc) is 3.73. The van der Waals surface area contributed by atoms with Gasteiger partial charge in [0.25, 0.3) is 54.0 Å². The second-order valence-corrected chi connectivity index (χ2v) is 25.2. The summed E-state index contributed by atoms with van der Waals surface area (Å²) in [7, 11) is -11.6. The van der Waals surface area contributed by atoms with E-state index in [1.165, 1.54) is 12.1 Å². The number of nitrogens with zero attached hydrogens (tertiary/aromatic N) is 4. The summed E-state index contributed by atoms with van der Waals surface area (Å²) in [5, 5.41) is 10.3. The number of carbonyl (C=O) groups is 4. The molecule has 4 heterocycles. The summed E-state index contributed by atoms with van der Waals surface area (Å²) in [4.78, 5) is 64.1. The summed E-state index contributed by atoms with van der Waals surface area (Å²) in [6.07, 6.45) is 8.78. The first kappa shape index (κ1) is 62.3. The minimum absolute atomic E-state index is 0.0487. The molecule has 22 nitrogen and oxygen atoms in total. The molecule has 25 heteroatoms. The molecular weight excluding hydrogens is 1090 g/mol. The number of hydrogen-bond acceptors (Lipinski definition) is 14. The Hall–Kier alpha value is -6.90. The Balaban J connectivity index is 1.48. The van der Waals surface area contributed by atoms with Crippen molar-refractivity contribution in [3.05, 3.63) is 112 Å². The zero-order valence-corrected chi connectivity index (χ0v) is 48.8. The minimum atomic E-state index is -4.45. The number of aryl methyl sites for hydroxylation is 1. The standard InChI is InChI=1S/C55H70N8O14S3/c1-10-13-14-21-63-47(55(7,8)40-28-36(33-45(77-9)49(40)63)38-31-41(50(64)56-11-2)60-42(32-38)51(65)57-12-3)18-15-17-46-54(5,6)39-27-35(26-34(4)48(39)62(46)22-16-23-78(68,69)70)37-29-43(52(66)58-19-24-79(71,72)73)61-44(30-37)53(67)59-20-25-80(74,75)76/h15,17-18,26-33H,10-14,16,19-25H2,1-9H3,(H6-,56,57,58,59,64,65,66,67,68,69,70,71,72,73,74,75,76)/p+1. The summed E-state index contributed by atoms with van der Waals surface area (Å²) in [6.45, 7) is 16.3. The molecule has 80 heavy (non-hydrogen) atoms. The van der Waals surface area contributed by atoms with Gasteiger partial charge in [-0.25, -0.2) is 9.97 Å². The zero-order valence-electron chi connectivity index (χ0n) is 46.4. The topological polar surface area (TPSA) is 321 Å². The third-order valence-corrected chi connectivity index (χ3v) is 16.1. The second-order valence-electron chi connectivity index (χ2n) is 20.5. The number of unbranched alkanes of at least 4 members (excludes halogenated alkanes) is 2. The summed E-state index contributed by atoms with van der Waals surface area (Å²) in [5.41, 5.74) is 5.91. The van der Waals surface area contributed by atoms with Gasteiger partial charge in [-0.15, -0.1) is 0 Å². The van der Waals surface area contributed by atoms with E-state index in [2.05, 4.69) is 63.0 Å². The average molecular weight is 1160 g/mol. The van der Waals surface area contributed by atoms with Crippen molar-refractivity contribution in [2.24, 2.45) is 0 Å². The number of benzene rings is 2. The third kappa shape index (κ3) is 14.9. The number of fused-ring (bicyclic) bond motifs is 2. The predicted octanol–water partition coefficient (Wildman–Crippen LogP) is 5.94. The molecule has 0 radical (unpaired) electrons. The highest BCUT2D eigenvalue weighted by Gasteiger charge is 2.46. The molecule has 0 bridgehead atoms. The summed E-state index contributed by atoms with van der Waals surface area (Å²) in [6, 6.07) is 13.7. The maximum absolute atomic E-state index is 13.4. The molecule has 0 fully saturated rings. The van der Waals surface area contributed by atoms with Gasteiger partial charge in [0, 0.05) is 67.5 Å².